The van der Waals surface area contributed by atoms with Gasteiger partial charge in [-0.2, -0.15) is 0 Å². The zero-order valence-electron chi connectivity index (χ0n) is 10.3. The predicted octanol–water partition coefficient (Wildman–Crippen LogP) is 2.80. The highest BCUT2D eigenvalue weighted by Crippen LogP contribution is 2.45. The van der Waals surface area contributed by atoms with Gasteiger partial charge in [0.15, 0.2) is 0 Å². The quantitative estimate of drug-likeness (QED) is 0.501. The van der Waals surface area contributed by atoms with Gasteiger partial charge in [-0.3, -0.25) is 5.32 Å². The van der Waals surface area contributed by atoms with Crippen molar-refractivity contribution >= 4 is 0 Å². The zero-order valence-corrected chi connectivity index (χ0v) is 10.3. The molecule has 0 spiro atoms. The third-order valence-electron chi connectivity index (χ3n) is 3.96. The molecule has 0 bridgehead atoms. The lowest BCUT2D eigenvalue weighted by atomic mass is 9.64. The summed E-state index contributed by atoms with van der Waals surface area (Å²) < 4.78 is 0. The molecule has 1 atom stereocenters. The molecule has 0 amide bonds. The van der Waals surface area contributed by atoms with Crippen molar-refractivity contribution in [1.29, 1.82) is 0 Å². The van der Waals surface area contributed by atoms with Crippen molar-refractivity contribution in [3.63, 3.8) is 0 Å². The van der Waals surface area contributed by atoms with Crippen LogP contribution >= 0.6 is 0 Å². The summed E-state index contributed by atoms with van der Waals surface area (Å²) in [7, 11) is 0. The van der Waals surface area contributed by atoms with Crippen LogP contribution in [0.15, 0.2) is 12.7 Å². The molecule has 1 saturated carbocycles. The fourth-order valence-electron chi connectivity index (χ4n) is 2.52. The van der Waals surface area contributed by atoms with Crippen molar-refractivity contribution in [2.24, 2.45) is 11.1 Å². The maximum absolute atomic E-state index is 6.29. The molecule has 1 unspecified atom stereocenters. The normalized spacial score (nSPS) is 21.1. The first-order chi connectivity index (χ1) is 7.18. The molecule has 0 radical (unpaired) electrons. The first kappa shape index (κ1) is 12.7. The van der Waals surface area contributed by atoms with Gasteiger partial charge in [0.25, 0.3) is 0 Å². The number of hydrogen-bond donors (Lipinski definition) is 2. The smallest absolute Gasteiger partial charge is 0.0609 e. The SMILES string of the molecule is C=CCC1(C(N)NC(CC)CC)CCC1. The Kier molecular flexibility index (Phi) is 4.81. The minimum atomic E-state index is 0.147. The Morgan fingerprint density at radius 3 is 2.33 bits per heavy atom. The monoisotopic (exact) mass is 210 g/mol. The summed E-state index contributed by atoms with van der Waals surface area (Å²) in [6.07, 6.45) is 9.39. The second-order valence-electron chi connectivity index (χ2n) is 4.87. The van der Waals surface area contributed by atoms with Crippen LogP contribution in [0.25, 0.3) is 0 Å². The summed E-state index contributed by atoms with van der Waals surface area (Å²) in [6.45, 7) is 8.28. The summed E-state index contributed by atoms with van der Waals surface area (Å²) in [4.78, 5) is 0. The van der Waals surface area contributed by atoms with Crippen LogP contribution in [0.2, 0.25) is 0 Å². The molecular weight excluding hydrogens is 184 g/mol. The summed E-state index contributed by atoms with van der Waals surface area (Å²) in [5, 5.41) is 3.57. The summed E-state index contributed by atoms with van der Waals surface area (Å²) in [5.74, 6) is 0. The van der Waals surface area contributed by atoms with Gasteiger partial charge in [-0.05, 0) is 32.1 Å². The summed E-state index contributed by atoms with van der Waals surface area (Å²) in [5.41, 5.74) is 6.60. The van der Waals surface area contributed by atoms with Gasteiger partial charge in [0.05, 0.1) is 6.17 Å². The molecule has 0 aliphatic heterocycles. The minimum absolute atomic E-state index is 0.147. The highest BCUT2D eigenvalue weighted by atomic mass is 15.1. The van der Waals surface area contributed by atoms with E-state index >= 15 is 0 Å². The van der Waals surface area contributed by atoms with Gasteiger partial charge in [0, 0.05) is 11.5 Å². The average molecular weight is 210 g/mol. The van der Waals surface area contributed by atoms with E-state index in [9.17, 15) is 0 Å². The van der Waals surface area contributed by atoms with Crippen molar-refractivity contribution in [1.82, 2.24) is 5.32 Å². The van der Waals surface area contributed by atoms with Crippen LogP contribution < -0.4 is 11.1 Å². The van der Waals surface area contributed by atoms with Crippen molar-refractivity contribution in [3.05, 3.63) is 12.7 Å². The molecule has 0 aromatic rings. The maximum Gasteiger partial charge on any atom is 0.0609 e. The highest BCUT2D eigenvalue weighted by Gasteiger charge is 2.41. The van der Waals surface area contributed by atoms with E-state index in [-0.39, 0.29) is 6.17 Å². The molecule has 2 nitrogen and oxygen atoms in total. The van der Waals surface area contributed by atoms with Gasteiger partial charge in [-0.1, -0.05) is 26.3 Å². The van der Waals surface area contributed by atoms with Crippen LogP contribution in [-0.2, 0) is 0 Å². The first-order valence-electron chi connectivity index (χ1n) is 6.31. The third-order valence-corrected chi connectivity index (χ3v) is 3.96. The van der Waals surface area contributed by atoms with Crippen molar-refractivity contribution < 1.29 is 0 Å². The second-order valence-corrected chi connectivity index (χ2v) is 4.87. The molecule has 1 aliphatic rings. The Hall–Kier alpha value is -0.340. The van der Waals surface area contributed by atoms with E-state index in [4.69, 9.17) is 5.73 Å². The highest BCUT2D eigenvalue weighted by molar-refractivity contribution is 4.99. The van der Waals surface area contributed by atoms with Crippen molar-refractivity contribution in [2.75, 3.05) is 0 Å². The van der Waals surface area contributed by atoms with E-state index < -0.39 is 0 Å². The number of allylic oxidation sites excluding steroid dienone is 1. The van der Waals surface area contributed by atoms with E-state index in [0.717, 1.165) is 19.3 Å². The molecule has 3 N–H and O–H groups in total. The summed E-state index contributed by atoms with van der Waals surface area (Å²) >= 11 is 0. The van der Waals surface area contributed by atoms with Gasteiger partial charge < -0.3 is 5.73 Å². The molecule has 2 heteroatoms. The van der Waals surface area contributed by atoms with Crippen LogP contribution in [0.3, 0.4) is 0 Å². The maximum atomic E-state index is 6.29. The minimum Gasteiger partial charge on any atom is -0.315 e. The Morgan fingerprint density at radius 1 is 1.40 bits per heavy atom. The third kappa shape index (κ3) is 2.82. The summed E-state index contributed by atoms with van der Waals surface area (Å²) in [6, 6.07) is 0.572. The number of nitrogens with one attached hydrogen (secondary N) is 1. The van der Waals surface area contributed by atoms with Gasteiger partial charge in [-0.15, -0.1) is 6.58 Å². The van der Waals surface area contributed by atoms with Crippen LogP contribution in [0.4, 0.5) is 0 Å². The zero-order chi connectivity index (χ0) is 11.3. The molecule has 0 heterocycles. The van der Waals surface area contributed by atoms with Gasteiger partial charge in [-0.25, -0.2) is 0 Å². The van der Waals surface area contributed by atoms with E-state index in [0.29, 0.717) is 11.5 Å². The molecule has 1 rings (SSSR count). The fraction of sp³-hybridized carbons (Fsp3) is 0.846. The van der Waals surface area contributed by atoms with Gasteiger partial charge >= 0.3 is 0 Å². The van der Waals surface area contributed by atoms with Gasteiger partial charge in [0.1, 0.15) is 0 Å². The molecule has 1 fully saturated rings. The van der Waals surface area contributed by atoms with Crippen LogP contribution in [0, 0.1) is 5.41 Å². The Morgan fingerprint density at radius 2 is 2.00 bits per heavy atom. The Bertz CT molecular complexity index is 193. The lowest BCUT2D eigenvalue weighted by molar-refractivity contribution is 0.0723. The Labute approximate surface area is 94.3 Å². The Balaban J connectivity index is 2.49. The largest absolute Gasteiger partial charge is 0.315 e. The molecule has 0 aromatic carbocycles. The average Bonchev–Trinajstić information content (AvgIpc) is 2.19. The van der Waals surface area contributed by atoms with Crippen molar-refractivity contribution in [2.45, 2.75) is 64.6 Å². The lowest BCUT2D eigenvalue weighted by Gasteiger charge is -2.47. The van der Waals surface area contributed by atoms with E-state index in [2.05, 4.69) is 25.7 Å². The second kappa shape index (κ2) is 5.66. The van der Waals surface area contributed by atoms with E-state index in [1.165, 1.54) is 19.3 Å². The topological polar surface area (TPSA) is 38.0 Å². The number of hydrogen-bond acceptors (Lipinski definition) is 2. The standard InChI is InChI=1S/C13H26N2/c1-4-8-13(9-7-10-13)12(14)15-11(5-2)6-3/h4,11-12,15H,1,5-10,14H2,2-3H3. The van der Waals surface area contributed by atoms with Crippen LogP contribution in [-0.4, -0.2) is 12.2 Å². The number of rotatable bonds is 7. The van der Waals surface area contributed by atoms with E-state index in [1.807, 2.05) is 6.08 Å². The van der Waals surface area contributed by atoms with E-state index in [1.54, 1.807) is 0 Å². The molecule has 0 aromatic heterocycles. The first-order valence-corrected chi connectivity index (χ1v) is 6.31. The van der Waals surface area contributed by atoms with Crippen LogP contribution in [0.5, 0.6) is 0 Å². The van der Waals surface area contributed by atoms with Gasteiger partial charge in [0.2, 0.25) is 0 Å². The van der Waals surface area contributed by atoms with Crippen molar-refractivity contribution in [3.8, 4) is 0 Å². The predicted molar refractivity (Wildman–Crippen MR) is 66.6 cm³/mol. The molecule has 88 valence electrons. The molecule has 1 aliphatic carbocycles. The number of nitrogens with two attached hydrogens (primary N) is 1. The molecule has 0 saturated heterocycles. The molecular formula is C13H26N2. The fourth-order valence-corrected chi connectivity index (χ4v) is 2.52. The lowest BCUT2D eigenvalue weighted by Crippen LogP contribution is -2.57. The molecule has 15 heavy (non-hydrogen) atoms. The van der Waals surface area contributed by atoms with Crippen LogP contribution in [0.1, 0.15) is 52.4 Å².